The van der Waals surface area contributed by atoms with Gasteiger partial charge in [0.1, 0.15) is 0 Å². The number of aliphatic hydroxyl groups is 1. The van der Waals surface area contributed by atoms with E-state index in [9.17, 15) is 9.90 Å². The van der Waals surface area contributed by atoms with Crippen molar-refractivity contribution in [1.82, 2.24) is 4.90 Å². The molecule has 1 amide bonds. The van der Waals surface area contributed by atoms with Crippen LogP contribution in [0.1, 0.15) is 124 Å². The Morgan fingerprint density at radius 2 is 1.43 bits per heavy atom. The highest BCUT2D eigenvalue weighted by Crippen LogP contribution is 2.44. The summed E-state index contributed by atoms with van der Waals surface area (Å²) < 4.78 is 0. The second-order valence-electron chi connectivity index (χ2n) is 9.30. The van der Waals surface area contributed by atoms with Gasteiger partial charge < -0.3 is 10.8 Å². The summed E-state index contributed by atoms with van der Waals surface area (Å²) in [6.45, 7) is 8.64. The maximum absolute atomic E-state index is 11.5. The van der Waals surface area contributed by atoms with E-state index in [1.807, 2.05) is 0 Å². The van der Waals surface area contributed by atoms with Gasteiger partial charge in [-0.25, -0.2) is 0 Å². The van der Waals surface area contributed by atoms with Crippen molar-refractivity contribution in [2.24, 2.45) is 5.73 Å². The molecular weight excluding hydrogens is 348 g/mol. The molecule has 1 atom stereocenters. The van der Waals surface area contributed by atoms with E-state index < -0.39 is 5.60 Å². The SMILES string of the molecule is CCCCCC1(O)CCN(CCCC(N)=O)C(CCCCC)(CCCCC)C1. The first-order chi connectivity index (χ1) is 13.4. The lowest BCUT2D eigenvalue weighted by atomic mass is 9.70. The number of unbranched alkanes of at least 4 members (excludes halogenated alkanes) is 6. The van der Waals surface area contributed by atoms with Gasteiger partial charge in [-0.05, 0) is 45.1 Å². The van der Waals surface area contributed by atoms with Gasteiger partial charge in [0.2, 0.25) is 5.91 Å². The molecule has 0 aromatic carbocycles. The number of hydrogen-bond donors (Lipinski definition) is 2. The smallest absolute Gasteiger partial charge is 0.217 e. The van der Waals surface area contributed by atoms with Crippen LogP contribution in [-0.2, 0) is 4.79 Å². The van der Waals surface area contributed by atoms with Crippen LogP contribution < -0.4 is 5.73 Å². The first-order valence-corrected chi connectivity index (χ1v) is 12.2. The largest absolute Gasteiger partial charge is 0.390 e. The third-order valence-corrected chi connectivity index (χ3v) is 6.76. The normalized spacial score (nSPS) is 22.4. The van der Waals surface area contributed by atoms with Gasteiger partial charge in [0.05, 0.1) is 5.60 Å². The molecule has 1 fully saturated rings. The average Bonchev–Trinajstić information content (AvgIpc) is 2.64. The third kappa shape index (κ3) is 8.82. The summed E-state index contributed by atoms with van der Waals surface area (Å²) in [7, 11) is 0. The molecule has 1 aliphatic rings. The molecule has 4 nitrogen and oxygen atoms in total. The Hall–Kier alpha value is -0.610. The summed E-state index contributed by atoms with van der Waals surface area (Å²) in [5, 5.41) is 11.5. The summed E-state index contributed by atoms with van der Waals surface area (Å²) in [6.07, 6.45) is 17.4. The van der Waals surface area contributed by atoms with Crippen LogP contribution >= 0.6 is 0 Å². The lowest BCUT2D eigenvalue weighted by Crippen LogP contribution is -2.59. The van der Waals surface area contributed by atoms with Crippen molar-refractivity contribution in [3.8, 4) is 0 Å². The number of likely N-dealkylation sites (tertiary alicyclic amines) is 1. The number of primary amides is 1. The van der Waals surface area contributed by atoms with Crippen molar-refractivity contribution in [3.05, 3.63) is 0 Å². The van der Waals surface area contributed by atoms with E-state index in [0.717, 1.165) is 45.2 Å². The second-order valence-corrected chi connectivity index (χ2v) is 9.30. The Balaban J connectivity index is 2.94. The fraction of sp³-hybridized carbons (Fsp3) is 0.958. The lowest BCUT2D eigenvalue weighted by Gasteiger charge is -2.54. The van der Waals surface area contributed by atoms with E-state index >= 15 is 0 Å². The van der Waals surface area contributed by atoms with E-state index in [0.29, 0.717) is 6.42 Å². The fourth-order valence-electron chi connectivity index (χ4n) is 5.13. The van der Waals surface area contributed by atoms with Gasteiger partial charge in [0, 0.05) is 18.5 Å². The maximum Gasteiger partial charge on any atom is 0.217 e. The summed E-state index contributed by atoms with van der Waals surface area (Å²) >= 11 is 0. The molecule has 1 rings (SSSR count). The van der Waals surface area contributed by atoms with Crippen molar-refractivity contribution in [2.75, 3.05) is 13.1 Å². The van der Waals surface area contributed by atoms with Crippen molar-refractivity contribution in [2.45, 2.75) is 135 Å². The Morgan fingerprint density at radius 3 is 1.93 bits per heavy atom. The molecule has 0 saturated carbocycles. The molecule has 1 aliphatic heterocycles. The molecule has 0 aromatic rings. The maximum atomic E-state index is 11.5. The quantitative estimate of drug-likeness (QED) is 0.336. The molecule has 3 N–H and O–H groups in total. The molecule has 0 aliphatic carbocycles. The molecule has 0 bridgehead atoms. The Morgan fingerprint density at radius 1 is 0.893 bits per heavy atom. The molecule has 1 heterocycles. The molecule has 0 aromatic heterocycles. The Labute approximate surface area is 174 Å². The minimum absolute atomic E-state index is 0.0984. The summed E-state index contributed by atoms with van der Waals surface area (Å²) in [4.78, 5) is 13.9. The summed E-state index contributed by atoms with van der Waals surface area (Å²) in [5.41, 5.74) is 4.98. The number of hydrogen-bond acceptors (Lipinski definition) is 3. The standard InChI is InChI=1S/C24H48N2O2/c1-4-7-10-15-23(16-11-8-5-2)21-24(28,17-12-9-6-3)18-20-26(23)19-13-14-22(25)27/h28H,4-21H2,1-3H3,(H2,25,27). The average molecular weight is 397 g/mol. The minimum atomic E-state index is -0.506. The van der Waals surface area contributed by atoms with Gasteiger partial charge in [0.15, 0.2) is 0 Å². The molecular formula is C24H48N2O2. The predicted molar refractivity (Wildman–Crippen MR) is 119 cm³/mol. The molecule has 0 radical (unpaired) electrons. The van der Waals surface area contributed by atoms with E-state index in [-0.39, 0.29) is 11.4 Å². The first kappa shape index (κ1) is 25.4. The lowest BCUT2D eigenvalue weighted by molar-refractivity contribution is -0.119. The highest BCUT2D eigenvalue weighted by Gasteiger charge is 2.46. The van der Waals surface area contributed by atoms with Gasteiger partial charge in [-0.3, -0.25) is 9.69 Å². The predicted octanol–water partition coefficient (Wildman–Crippen LogP) is 5.56. The zero-order valence-electron chi connectivity index (χ0n) is 19.1. The minimum Gasteiger partial charge on any atom is -0.390 e. The number of amides is 1. The van der Waals surface area contributed by atoms with E-state index in [1.165, 1.54) is 64.2 Å². The zero-order chi connectivity index (χ0) is 20.9. The second kappa shape index (κ2) is 13.6. The van der Waals surface area contributed by atoms with Gasteiger partial charge in [-0.1, -0.05) is 78.6 Å². The number of nitrogens with zero attached hydrogens (tertiary/aromatic N) is 1. The highest BCUT2D eigenvalue weighted by atomic mass is 16.3. The van der Waals surface area contributed by atoms with Crippen LogP contribution in [0.25, 0.3) is 0 Å². The molecule has 28 heavy (non-hydrogen) atoms. The van der Waals surface area contributed by atoms with Crippen LogP contribution in [0.3, 0.4) is 0 Å². The number of carbonyl (C=O) groups is 1. The van der Waals surface area contributed by atoms with Crippen LogP contribution in [0.4, 0.5) is 0 Å². The van der Waals surface area contributed by atoms with Crippen LogP contribution in [0, 0.1) is 0 Å². The van der Waals surface area contributed by atoms with Gasteiger partial charge in [-0.2, -0.15) is 0 Å². The molecule has 4 heteroatoms. The number of nitrogens with two attached hydrogens (primary N) is 1. The molecule has 1 unspecified atom stereocenters. The molecule has 0 spiro atoms. The monoisotopic (exact) mass is 396 g/mol. The third-order valence-electron chi connectivity index (χ3n) is 6.76. The highest BCUT2D eigenvalue weighted by molar-refractivity contribution is 5.73. The Kier molecular flexibility index (Phi) is 12.3. The van der Waals surface area contributed by atoms with Crippen LogP contribution in [-0.4, -0.2) is 40.1 Å². The van der Waals surface area contributed by atoms with Gasteiger partial charge in [-0.15, -0.1) is 0 Å². The van der Waals surface area contributed by atoms with Crippen molar-refractivity contribution < 1.29 is 9.90 Å². The van der Waals surface area contributed by atoms with E-state index in [4.69, 9.17) is 5.73 Å². The van der Waals surface area contributed by atoms with E-state index in [1.54, 1.807) is 0 Å². The molecule has 1 saturated heterocycles. The number of carbonyl (C=O) groups excluding carboxylic acids is 1. The topological polar surface area (TPSA) is 66.6 Å². The van der Waals surface area contributed by atoms with Crippen LogP contribution in [0.5, 0.6) is 0 Å². The number of rotatable bonds is 16. The van der Waals surface area contributed by atoms with Crippen LogP contribution in [0.2, 0.25) is 0 Å². The van der Waals surface area contributed by atoms with Crippen molar-refractivity contribution >= 4 is 5.91 Å². The van der Waals surface area contributed by atoms with Gasteiger partial charge >= 0.3 is 0 Å². The van der Waals surface area contributed by atoms with Crippen molar-refractivity contribution in [1.29, 1.82) is 0 Å². The zero-order valence-corrected chi connectivity index (χ0v) is 19.1. The summed E-state index contributed by atoms with van der Waals surface area (Å²) in [5.74, 6) is -0.198. The van der Waals surface area contributed by atoms with E-state index in [2.05, 4.69) is 25.7 Å². The van der Waals surface area contributed by atoms with Gasteiger partial charge in [0.25, 0.3) is 0 Å². The number of piperidine rings is 1. The fourth-order valence-corrected chi connectivity index (χ4v) is 5.13. The van der Waals surface area contributed by atoms with Crippen LogP contribution in [0.15, 0.2) is 0 Å². The summed E-state index contributed by atoms with van der Waals surface area (Å²) in [6, 6.07) is 0. The van der Waals surface area contributed by atoms with Crippen molar-refractivity contribution in [3.63, 3.8) is 0 Å². The molecule has 166 valence electrons. The Bertz CT molecular complexity index is 417. The first-order valence-electron chi connectivity index (χ1n) is 12.2.